The number of likely N-dealkylation sites (tertiary alicyclic amines) is 2. The van der Waals surface area contributed by atoms with Crippen molar-refractivity contribution in [1.82, 2.24) is 20.1 Å². The zero-order valence-electron chi connectivity index (χ0n) is 20.2. The van der Waals surface area contributed by atoms with Gasteiger partial charge in [-0.15, -0.1) is 11.3 Å². The van der Waals surface area contributed by atoms with Gasteiger partial charge in [-0.2, -0.15) is 0 Å². The molecule has 0 radical (unpaired) electrons. The molecule has 1 aromatic heterocycles. The molecule has 9 heteroatoms. The standard InChI is InChI=1S/C26H32N4O4S/c1-25(2)10-19(25)23(32)30-15-26(16-30)14-29(24(33)21-11-27-17-35-21)12-20(26)22(31)28-8-9-34-13-18-6-4-3-5-7-18/h3-7,11,17,19-20H,8-10,12-16H2,1-2H3,(H,28,31)/t19-,20+/m1/s1. The summed E-state index contributed by atoms with van der Waals surface area (Å²) >= 11 is 1.30. The molecule has 2 saturated heterocycles. The summed E-state index contributed by atoms with van der Waals surface area (Å²) in [7, 11) is 0. The maximum absolute atomic E-state index is 13.2. The summed E-state index contributed by atoms with van der Waals surface area (Å²) in [5.74, 6) is -0.274. The molecule has 2 aliphatic heterocycles. The average Bonchev–Trinajstić information content (AvgIpc) is 3.21. The van der Waals surface area contributed by atoms with Crippen LogP contribution in [0.2, 0.25) is 0 Å². The normalized spacial score (nSPS) is 23.7. The van der Waals surface area contributed by atoms with Crippen molar-refractivity contribution >= 4 is 29.1 Å². The topological polar surface area (TPSA) is 91.8 Å². The molecule has 35 heavy (non-hydrogen) atoms. The minimum atomic E-state index is -0.399. The first-order chi connectivity index (χ1) is 16.8. The highest BCUT2D eigenvalue weighted by atomic mass is 32.1. The predicted molar refractivity (Wildman–Crippen MR) is 132 cm³/mol. The van der Waals surface area contributed by atoms with Gasteiger partial charge in [0.15, 0.2) is 0 Å². The fourth-order valence-electron chi connectivity index (χ4n) is 5.39. The number of aromatic nitrogens is 1. The molecule has 2 atom stereocenters. The largest absolute Gasteiger partial charge is 0.375 e. The second kappa shape index (κ2) is 9.35. The van der Waals surface area contributed by atoms with E-state index in [9.17, 15) is 14.4 Å². The molecule has 3 heterocycles. The first kappa shape index (κ1) is 23.9. The van der Waals surface area contributed by atoms with Crippen LogP contribution in [0.1, 0.15) is 35.5 Å². The van der Waals surface area contributed by atoms with Gasteiger partial charge in [-0.25, -0.2) is 0 Å². The van der Waals surface area contributed by atoms with Crippen LogP contribution in [0.25, 0.3) is 0 Å². The number of nitrogens with zero attached hydrogens (tertiary/aromatic N) is 3. The lowest BCUT2D eigenvalue weighted by Crippen LogP contribution is -2.64. The van der Waals surface area contributed by atoms with Crippen LogP contribution in [-0.2, 0) is 20.9 Å². The summed E-state index contributed by atoms with van der Waals surface area (Å²) in [4.78, 5) is 47.4. The number of rotatable bonds is 8. The third kappa shape index (κ3) is 4.84. The smallest absolute Gasteiger partial charge is 0.265 e. The molecule has 1 aromatic carbocycles. The molecular formula is C26H32N4O4S. The third-order valence-electron chi connectivity index (χ3n) is 7.69. The summed E-state index contributed by atoms with van der Waals surface area (Å²) < 4.78 is 5.70. The zero-order valence-corrected chi connectivity index (χ0v) is 21.1. The summed E-state index contributed by atoms with van der Waals surface area (Å²) in [6, 6.07) is 9.90. The van der Waals surface area contributed by atoms with E-state index in [4.69, 9.17) is 4.74 Å². The van der Waals surface area contributed by atoms with Gasteiger partial charge < -0.3 is 19.9 Å². The van der Waals surface area contributed by atoms with E-state index in [1.54, 1.807) is 16.6 Å². The molecule has 1 aliphatic carbocycles. The van der Waals surface area contributed by atoms with Crippen molar-refractivity contribution in [2.75, 3.05) is 39.3 Å². The quantitative estimate of drug-likeness (QED) is 0.567. The summed E-state index contributed by atoms with van der Waals surface area (Å²) in [5, 5.41) is 3.01. The molecule has 3 fully saturated rings. The van der Waals surface area contributed by atoms with E-state index in [0.717, 1.165) is 12.0 Å². The highest BCUT2D eigenvalue weighted by Gasteiger charge is 2.61. The molecule has 3 aliphatic rings. The molecule has 0 unspecified atom stereocenters. The summed E-state index contributed by atoms with van der Waals surface area (Å²) in [5.41, 5.74) is 2.40. The summed E-state index contributed by atoms with van der Waals surface area (Å²) in [6.07, 6.45) is 2.49. The minimum Gasteiger partial charge on any atom is -0.375 e. The first-order valence-electron chi connectivity index (χ1n) is 12.1. The minimum absolute atomic E-state index is 0.0697. The van der Waals surface area contributed by atoms with Crippen LogP contribution in [0.4, 0.5) is 0 Å². The van der Waals surface area contributed by atoms with Crippen molar-refractivity contribution < 1.29 is 19.1 Å². The lowest BCUT2D eigenvalue weighted by Gasteiger charge is -2.50. The van der Waals surface area contributed by atoms with Crippen molar-refractivity contribution in [1.29, 1.82) is 0 Å². The Morgan fingerprint density at radius 2 is 1.83 bits per heavy atom. The average molecular weight is 497 g/mol. The highest BCUT2D eigenvalue weighted by molar-refractivity contribution is 7.11. The number of benzene rings is 1. The molecule has 0 bridgehead atoms. The third-order valence-corrected chi connectivity index (χ3v) is 8.45. The van der Waals surface area contributed by atoms with E-state index in [1.807, 2.05) is 35.2 Å². The number of ether oxygens (including phenoxy) is 1. The first-order valence-corrected chi connectivity index (χ1v) is 13.0. The molecule has 5 rings (SSSR count). The highest BCUT2D eigenvalue weighted by Crippen LogP contribution is 2.54. The van der Waals surface area contributed by atoms with Crippen LogP contribution in [0, 0.1) is 22.7 Å². The van der Waals surface area contributed by atoms with Crippen LogP contribution < -0.4 is 5.32 Å². The molecule has 3 amide bonds. The number of hydrogen-bond acceptors (Lipinski definition) is 6. The van der Waals surface area contributed by atoms with E-state index >= 15 is 0 Å². The van der Waals surface area contributed by atoms with Gasteiger partial charge in [0, 0.05) is 44.1 Å². The molecule has 1 N–H and O–H groups in total. The van der Waals surface area contributed by atoms with Crippen LogP contribution >= 0.6 is 11.3 Å². The van der Waals surface area contributed by atoms with Crippen molar-refractivity contribution in [3.63, 3.8) is 0 Å². The Kier molecular flexibility index (Phi) is 6.40. The van der Waals surface area contributed by atoms with Gasteiger partial charge in [0.1, 0.15) is 4.88 Å². The van der Waals surface area contributed by atoms with Gasteiger partial charge in [-0.1, -0.05) is 44.2 Å². The Morgan fingerprint density at radius 3 is 2.49 bits per heavy atom. The molecule has 1 spiro atoms. The predicted octanol–water partition coefficient (Wildman–Crippen LogP) is 2.42. The molecule has 186 valence electrons. The van der Waals surface area contributed by atoms with Gasteiger partial charge in [0.2, 0.25) is 11.8 Å². The Morgan fingerprint density at radius 1 is 1.11 bits per heavy atom. The van der Waals surface area contributed by atoms with Crippen LogP contribution in [0.5, 0.6) is 0 Å². The van der Waals surface area contributed by atoms with Crippen molar-refractivity contribution in [2.24, 2.45) is 22.7 Å². The number of thiazole rings is 1. The Hall–Kier alpha value is -2.78. The van der Waals surface area contributed by atoms with Crippen LogP contribution in [-0.4, -0.2) is 71.8 Å². The van der Waals surface area contributed by atoms with Crippen molar-refractivity contribution in [3.8, 4) is 0 Å². The SMILES string of the molecule is CC1(C)C[C@@H]1C(=O)N1CC2(CN(C(=O)c3cncs3)C[C@H]2C(=O)NCCOCc2ccccc2)C1. The molecular weight excluding hydrogens is 464 g/mol. The molecule has 1 saturated carbocycles. The van der Waals surface area contributed by atoms with E-state index in [2.05, 4.69) is 24.1 Å². The molecule has 8 nitrogen and oxygen atoms in total. The van der Waals surface area contributed by atoms with Gasteiger partial charge in [-0.05, 0) is 17.4 Å². The number of amides is 3. The van der Waals surface area contributed by atoms with Gasteiger partial charge in [0.25, 0.3) is 5.91 Å². The molecule has 2 aromatic rings. The van der Waals surface area contributed by atoms with Gasteiger partial charge >= 0.3 is 0 Å². The maximum Gasteiger partial charge on any atom is 0.265 e. The lowest BCUT2D eigenvalue weighted by molar-refractivity contribution is -0.151. The zero-order chi connectivity index (χ0) is 24.6. The Labute approximate surface area is 209 Å². The van der Waals surface area contributed by atoms with Crippen molar-refractivity contribution in [3.05, 3.63) is 52.5 Å². The fourth-order valence-corrected chi connectivity index (χ4v) is 5.98. The fraction of sp³-hybridized carbons (Fsp3) is 0.538. The van der Waals surface area contributed by atoms with E-state index in [-0.39, 0.29) is 35.0 Å². The second-order valence-electron chi connectivity index (χ2n) is 10.7. The van der Waals surface area contributed by atoms with E-state index < -0.39 is 5.41 Å². The Balaban J connectivity index is 1.19. The van der Waals surface area contributed by atoms with Gasteiger partial charge in [0.05, 0.1) is 30.8 Å². The monoisotopic (exact) mass is 496 g/mol. The number of carbonyl (C=O) groups is 3. The van der Waals surface area contributed by atoms with Crippen LogP contribution in [0.3, 0.4) is 0 Å². The Bertz CT molecular complexity index is 1080. The van der Waals surface area contributed by atoms with E-state index in [0.29, 0.717) is 50.8 Å². The summed E-state index contributed by atoms with van der Waals surface area (Å²) in [6.45, 7) is 7.41. The maximum atomic E-state index is 13.2. The van der Waals surface area contributed by atoms with E-state index in [1.165, 1.54) is 11.3 Å². The number of hydrogen-bond donors (Lipinski definition) is 1. The second-order valence-corrected chi connectivity index (χ2v) is 11.6. The van der Waals surface area contributed by atoms with Gasteiger partial charge in [-0.3, -0.25) is 19.4 Å². The van der Waals surface area contributed by atoms with Crippen LogP contribution in [0.15, 0.2) is 42.0 Å². The van der Waals surface area contributed by atoms with Crippen molar-refractivity contribution in [2.45, 2.75) is 26.9 Å². The number of carbonyl (C=O) groups excluding carboxylic acids is 3. The number of nitrogens with one attached hydrogen (secondary N) is 1. The lowest BCUT2D eigenvalue weighted by atomic mass is 9.71.